The fourth-order valence-electron chi connectivity index (χ4n) is 1.76. The molecule has 0 fully saturated rings. The first-order valence-corrected chi connectivity index (χ1v) is 5.84. The third kappa shape index (κ3) is 1.55. The largest absolute Gasteiger partial charge is 0.298 e. The molecule has 5 heteroatoms. The number of nitrogens with zero attached hydrogens (tertiary/aromatic N) is 3. The molecule has 0 spiro atoms. The van der Waals surface area contributed by atoms with Crippen LogP contribution < -0.4 is 0 Å². The Bertz CT molecular complexity index is 560. The van der Waals surface area contributed by atoms with Crippen LogP contribution >= 0.6 is 15.9 Å². The summed E-state index contributed by atoms with van der Waals surface area (Å²) in [4.78, 5) is 15.2. The average molecular weight is 282 g/mol. The molecule has 0 unspecified atom stereocenters. The second-order valence-corrected chi connectivity index (χ2v) is 4.80. The lowest BCUT2D eigenvalue weighted by atomic mass is 10.1. The maximum Gasteiger partial charge on any atom is 0.169 e. The van der Waals surface area contributed by atoms with Gasteiger partial charge in [-0.15, -0.1) is 0 Å². The molecule has 16 heavy (non-hydrogen) atoms. The molecule has 0 saturated carbocycles. The third-order valence-corrected chi connectivity index (χ3v) is 3.42. The van der Waals surface area contributed by atoms with Crippen molar-refractivity contribution in [3.63, 3.8) is 0 Å². The Kier molecular flexibility index (Phi) is 2.80. The fourth-order valence-corrected chi connectivity index (χ4v) is 2.11. The summed E-state index contributed by atoms with van der Waals surface area (Å²) in [5.74, 6) is 0.219. The van der Waals surface area contributed by atoms with Crippen LogP contribution in [-0.2, 0) is 0 Å². The van der Waals surface area contributed by atoms with Gasteiger partial charge in [-0.05, 0) is 28.8 Å². The summed E-state index contributed by atoms with van der Waals surface area (Å²) in [5.41, 5.74) is 3.12. The van der Waals surface area contributed by atoms with Crippen molar-refractivity contribution in [2.45, 2.75) is 26.7 Å². The Morgan fingerprint density at radius 2 is 2.19 bits per heavy atom. The number of aryl methyl sites for hydroxylation is 1. The van der Waals surface area contributed by atoms with Crippen molar-refractivity contribution in [2.75, 3.05) is 0 Å². The lowest BCUT2D eigenvalue weighted by Gasteiger charge is -2.10. The zero-order valence-electron chi connectivity index (χ0n) is 9.36. The van der Waals surface area contributed by atoms with Gasteiger partial charge in [-0.3, -0.25) is 4.79 Å². The molecule has 0 aliphatic heterocycles. The number of rotatable bonds is 2. The number of carbonyl (C=O) groups is 1. The third-order valence-electron chi connectivity index (χ3n) is 2.49. The highest BCUT2D eigenvalue weighted by Crippen LogP contribution is 2.25. The van der Waals surface area contributed by atoms with Crippen LogP contribution in [0.1, 0.15) is 41.5 Å². The molecule has 84 valence electrons. The lowest BCUT2D eigenvalue weighted by molar-refractivity contribution is 0.112. The van der Waals surface area contributed by atoms with Gasteiger partial charge in [0.1, 0.15) is 0 Å². The van der Waals surface area contributed by atoms with E-state index in [1.165, 1.54) is 0 Å². The van der Waals surface area contributed by atoms with E-state index in [2.05, 4.69) is 26.0 Å². The highest BCUT2D eigenvalue weighted by atomic mass is 79.9. The van der Waals surface area contributed by atoms with E-state index in [0.717, 1.165) is 27.8 Å². The topological polar surface area (TPSA) is 47.3 Å². The minimum absolute atomic E-state index is 0.219. The van der Waals surface area contributed by atoms with Crippen molar-refractivity contribution in [2.24, 2.45) is 0 Å². The maximum absolute atomic E-state index is 11.0. The zero-order valence-corrected chi connectivity index (χ0v) is 10.9. The Hall–Kier alpha value is -1.23. The summed E-state index contributed by atoms with van der Waals surface area (Å²) in [6.07, 6.45) is 2.43. The van der Waals surface area contributed by atoms with Crippen LogP contribution in [-0.4, -0.2) is 20.9 Å². The summed E-state index contributed by atoms with van der Waals surface area (Å²) in [7, 11) is 0. The molecule has 2 rings (SSSR count). The number of hydrogen-bond donors (Lipinski definition) is 0. The van der Waals surface area contributed by atoms with E-state index in [1.807, 2.05) is 20.8 Å². The number of aromatic nitrogens is 3. The van der Waals surface area contributed by atoms with Gasteiger partial charge in [0, 0.05) is 6.20 Å². The molecule has 0 saturated heterocycles. The van der Waals surface area contributed by atoms with Crippen molar-refractivity contribution in [1.82, 2.24) is 14.6 Å². The molecule has 4 nitrogen and oxygen atoms in total. The Labute approximate surface area is 102 Å². The van der Waals surface area contributed by atoms with Crippen molar-refractivity contribution in [3.05, 3.63) is 27.6 Å². The first-order valence-electron chi connectivity index (χ1n) is 5.05. The van der Waals surface area contributed by atoms with Gasteiger partial charge in [0.15, 0.2) is 11.9 Å². The summed E-state index contributed by atoms with van der Waals surface area (Å²) in [5, 5.41) is 4.39. The minimum atomic E-state index is 0.219. The molecular formula is C11H12BrN3O. The van der Waals surface area contributed by atoms with Gasteiger partial charge in [0.2, 0.25) is 0 Å². The normalized spacial score (nSPS) is 11.3. The monoisotopic (exact) mass is 281 g/mol. The van der Waals surface area contributed by atoms with Crippen LogP contribution in [0.2, 0.25) is 0 Å². The average Bonchev–Trinajstić information content (AvgIpc) is 2.53. The van der Waals surface area contributed by atoms with E-state index in [1.54, 1.807) is 10.7 Å². The second kappa shape index (κ2) is 3.97. The van der Waals surface area contributed by atoms with Crippen LogP contribution in [0.4, 0.5) is 0 Å². The molecule has 0 amide bonds. The van der Waals surface area contributed by atoms with Crippen LogP contribution in [0.5, 0.6) is 0 Å². The van der Waals surface area contributed by atoms with Crippen molar-refractivity contribution < 1.29 is 4.79 Å². The zero-order chi connectivity index (χ0) is 11.9. The summed E-state index contributed by atoms with van der Waals surface area (Å²) < 4.78 is 2.63. The van der Waals surface area contributed by atoms with Crippen LogP contribution in [0, 0.1) is 6.92 Å². The summed E-state index contributed by atoms with van der Waals surface area (Å²) in [6, 6.07) is 0. The summed E-state index contributed by atoms with van der Waals surface area (Å²) >= 11 is 3.45. The molecule has 0 aliphatic rings. The number of carbonyl (C=O) groups excluding carboxylic acids is 1. The molecule has 0 aromatic carbocycles. The van der Waals surface area contributed by atoms with Crippen LogP contribution in [0.3, 0.4) is 0 Å². The molecule has 0 N–H and O–H groups in total. The van der Waals surface area contributed by atoms with E-state index >= 15 is 0 Å². The lowest BCUT2D eigenvalue weighted by Crippen LogP contribution is -2.07. The minimum Gasteiger partial charge on any atom is -0.298 e. The van der Waals surface area contributed by atoms with Gasteiger partial charge < -0.3 is 0 Å². The number of hydrogen-bond acceptors (Lipinski definition) is 3. The molecule has 2 heterocycles. The summed E-state index contributed by atoms with van der Waals surface area (Å²) in [6.45, 7) is 5.98. The highest BCUT2D eigenvalue weighted by molar-refractivity contribution is 9.10. The fraction of sp³-hybridized carbons (Fsp3) is 0.364. The molecule has 2 aromatic rings. The SMILES string of the molecule is Cc1nn2c(C(C)C)c(C=O)cnc2c1Br. The molecule has 0 radical (unpaired) electrons. The van der Waals surface area contributed by atoms with Crippen LogP contribution in [0.25, 0.3) is 5.65 Å². The van der Waals surface area contributed by atoms with Crippen LogP contribution in [0.15, 0.2) is 10.7 Å². The second-order valence-electron chi connectivity index (χ2n) is 4.01. The van der Waals surface area contributed by atoms with Crippen molar-refractivity contribution in [1.29, 1.82) is 0 Å². The predicted molar refractivity (Wildman–Crippen MR) is 64.9 cm³/mol. The van der Waals surface area contributed by atoms with E-state index in [0.29, 0.717) is 5.56 Å². The number of fused-ring (bicyclic) bond motifs is 1. The van der Waals surface area contributed by atoms with E-state index in [9.17, 15) is 4.79 Å². The number of aldehydes is 1. The predicted octanol–water partition coefficient (Wildman–Crippen LogP) is 2.74. The quantitative estimate of drug-likeness (QED) is 0.796. The standard InChI is InChI=1S/C11H12BrN3O/c1-6(2)10-8(5-16)4-13-11-9(12)7(3)14-15(10)11/h4-6H,1-3H3. The Balaban J connectivity index is 2.89. The van der Waals surface area contributed by atoms with Gasteiger partial charge in [-0.1, -0.05) is 13.8 Å². The molecule has 0 atom stereocenters. The van der Waals surface area contributed by atoms with Gasteiger partial charge in [0.05, 0.1) is 21.4 Å². The Morgan fingerprint density at radius 3 is 2.75 bits per heavy atom. The van der Waals surface area contributed by atoms with Gasteiger partial charge in [0.25, 0.3) is 0 Å². The van der Waals surface area contributed by atoms with E-state index < -0.39 is 0 Å². The maximum atomic E-state index is 11.0. The number of halogens is 1. The molecular weight excluding hydrogens is 270 g/mol. The van der Waals surface area contributed by atoms with Gasteiger partial charge in [-0.25, -0.2) is 9.50 Å². The Morgan fingerprint density at radius 1 is 1.50 bits per heavy atom. The van der Waals surface area contributed by atoms with Crippen molar-refractivity contribution in [3.8, 4) is 0 Å². The smallest absolute Gasteiger partial charge is 0.169 e. The van der Waals surface area contributed by atoms with Crippen molar-refractivity contribution >= 4 is 27.9 Å². The van der Waals surface area contributed by atoms with E-state index in [4.69, 9.17) is 0 Å². The molecule has 2 aromatic heterocycles. The molecule has 0 bridgehead atoms. The van der Waals surface area contributed by atoms with Gasteiger partial charge >= 0.3 is 0 Å². The highest BCUT2D eigenvalue weighted by Gasteiger charge is 2.16. The molecule has 0 aliphatic carbocycles. The van der Waals surface area contributed by atoms with Gasteiger partial charge in [-0.2, -0.15) is 5.10 Å². The van der Waals surface area contributed by atoms with E-state index in [-0.39, 0.29) is 5.92 Å². The first-order chi connectivity index (χ1) is 7.56. The first kappa shape index (κ1) is 11.3.